The van der Waals surface area contributed by atoms with Gasteiger partial charge in [0.25, 0.3) is 5.91 Å². The number of amides is 2. The average molecular weight is 460 g/mol. The number of hydroxylamine groups is 2. The van der Waals surface area contributed by atoms with E-state index in [-0.39, 0.29) is 24.8 Å². The van der Waals surface area contributed by atoms with E-state index in [1.165, 1.54) is 19.3 Å². The zero-order chi connectivity index (χ0) is 23.3. The highest BCUT2D eigenvalue weighted by Gasteiger charge is 2.23. The van der Waals surface area contributed by atoms with Gasteiger partial charge in [0, 0.05) is 19.4 Å². The Balaban J connectivity index is 1.76. The largest absolute Gasteiger partial charge is 0.378 e. The molecule has 0 radical (unpaired) electrons. The molecule has 1 aliphatic rings. The van der Waals surface area contributed by atoms with Gasteiger partial charge < -0.3 is 29.7 Å². The molecule has 1 aliphatic heterocycles. The summed E-state index contributed by atoms with van der Waals surface area (Å²) in [7, 11) is 1.96. The molecule has 0 aromatic heterocycles. The molecular formula is C22H41N3O7. The minimum Gasteiger partial charge on any atom is -0.378 e. The molecule has 2 amide bonds. The van der Waals surface area contributed by atoms with E-state index in [1.54, 1.807) is 0 Å². The first-order valence-corrected chi connectivity index (χ1v) is 11.8. The van der Waals surface area contributed by atoms with Crippen molar-refractivity contribution in [3.63, 3.8) is 0 Å². The van der Waals surface area contributed by atoms with Crippen LogP contribution in [-0.4, -0.2) is 89.2 Å². The summed E-state index contributed by atoms with van der Waals surface area (Å²) in [5.41, 5.74) is 0. The lowest BCUT2D eigenvalue weighted by Crippen LogP contribution is -2.28. The van der Waals surface area contributed by atoms with E-state index in [0.29, 0.717) is 59.0 Å². The van der Waals surface area contributed by atoms with Crippen LogP contribution in [-0.2, 0) is 33.4 Å². The summed E-state index contributed by atoms with van der Waals surface area (Å²) in [6.45, 7) is 4.34. The van der Waals surface area contributed by atoms with E-state index in [2.05, 4.69) is 10.6 Å². The van der Waals surface area contributed by atoms with Crippen LogP contribution >= 0.6 is 0 Å². The second-order valence-electron chi connectivity index (χ2n) is 7.62. The van der Waals surface area contributed by atoms with E-state index < -0.39 is 5.97 Å². The van der Waals surface area contributed by atoms with Crippen molar-refractivity contribution in [3.8, 4) is 0 Å². The van der Waals surface area contributed by atoms with Crippen LogP contribution in [0.4, 0.5) is 0 Å². The highest BCUT2D eigenvalue weighted by Crippen LogP contribution is 2.10. The minimum absolute atomic E-state index is 0.0770. The molecule has 10 heteroatoms. The van der Waals surface area contributed by atoms with Crippen LogP contribution in [0, 0.1) is 0 Å². The SMILES string of the molecule is CNCCCCCCCC(=O)NCCOCCOCCOCCC(=O)ON1CCCC1=O. The number of unbranched alkanes of at least 4 members (excludes halogenated alkanes) is 4. The molecule has 0 atom stereocenters. The van der Waals surface area contributed by atoms with Crippen molar-refractivity contribution in [2.45, 2.75) is 57.8 Å². The third-order valence-corrected chi connectivity index (χ3v) is 4.84. The lowest BCUT2D eigenvalue weighted by atomic mass is 10.1. The summed E-state index contributed by atoms with van der Waals surface area (Å²) in [6.07, 6.45) is 7.42. The number of ether oxygens (including phenoxy) is 3. The summed E-state index contributed by atoms with van der Waals surface area (Å²) in [5.74, 6) is -0.547. The van der Waals surface area contributed by atoms with Crippen LogP contribution in [0.1, 0.15) is 57.8 Å². The molecular weight excluding hydrogens is 418 g/mol. The van der Waals surface area contributed by atoms with Gasteiger partial charge in [-0.3, -0.25) is 9.59 Å². The Morgan fingerprint density at radius 1 is 0.844 bits per heavy atom. The third-order valence-electron chi connectivity index (χ3n) is 4.84. The number of hydrogen-bond donors (Lipinski definition) is 2. The van der Waals surface area contributed by atoms with E-state index in [1.807, 2.05) is 7.05 Å². The predicted octanol–water partition coefficient (Wildman–Crippen LogP) is 1.18. The van der Waals surface area contributed by atoms with Gasteiger partial charge >= 0.3 is 5.97 Å². The number of rotatable bonds is 21. The molecule has 186 valence electrons. The van der Waals surface area contributed by atoms with Crippen molar-refractivity contribution in [2.75, 3.05) is 66.3 Å². The molecule has 0 saturated carbocycles. The van der Waals surface area contributed by atoms with Crippen molar-refractivity contribution in [2.24, 2.45) is 0 Å². The van der Waals surface area contributed by atoms with Gasteiger partial charge in [-0.05, 0) is 32.9 Å². The molecule has 0 unspecified atom stereocenters. The Morgan fingerprint density at radius 3 is 2.19 bits per heavy atom. The van der Waals surface area contributed by atoms with Gasteiger partial charge in [0.2, 0.25) is 5.91 Å². The van der Waals surface area contributed by atoms with E-state index in [9.17, 15) is 14.4 Å². The molecule has 0 aromatic rings. The van der Waals surface area contributed by atoms with Gasteiger partial charge in [0.05, 0.1) is 52.6 Å². The fourth-order valence-electron chi connectivity index (χ4n) is 3.05. The van der Waals surface area contributed by atoms with Gasteiger partial charge in [0.15, 0.2) is 0 Å². The van der Waals surface area contributed by atoms with Crippen LogP contribution in [0.15, 0.2) is 0 Å². The van der Waals surface area contributed by atoms with Crippen molar-refractivity contribution in [1.29, 1.82) is 0 Å². The Morgan fingerprint density at radius 2 is 1.50 bits per heavy atom. The molecule has 10 nitrogen and oxygen atoms in total. The molecule has 0 aromatic carbocycles. The summed E-state index contributed by atoms with van der Waals surface area (Å²) in [6, 6.07) is 0. The standard InChI is InChI=1S/C22H41N3O7/c1-23-11-6-4-2-3-5-8-20(26)24-12-15-30-17-19-31-18-16-29-14-10-22(28)32-25-13-7-9-21(25)27/h23H,2-19H2,1H3,(H,24,26). The Bertz CT molecular complexity index is 520. The van der Waals surface area contributed by atoms with Gasteiger partial charge in [-0.15, -0.1) is 0 Å². The maximum Gasteiger partial charge on any atom is 0.334 e. The quantitative estimate of drug-likeness (QED) is 0.246. The zero-order valence-corrected chi connectivity index (χ0v) is 19.5. The monoisotopic (exact) mass is 459 g/mol. The first-order valence-electron chi connectivity index (χ1n) is 11.8. The first kappa shape index (κ1) is 28.3. The summed E-state index contributed by atoms with van der Waals surface area (Å²) < 4.78 is 16.1. The fraction of sp³-hybridized carbons (Fsp3) is 0.864. The lowest BCUT2D eigenvalue weighted by Gasteiger charge is -2.14. The average Bonchev–Trinajstić information content (AvgIpc) is 3.18. The molecule has 1 saturated heterocycles. The summed E-state index contributed by atoms with van der Waals surface area (Å²) in [5, 5.41) is 7.11. The van der Waals surface area contributed by atoms with Crippen LogP contribution in [0.25, 0.3) is 0 Å². The Hall–Kier alpha value is -1.75. The van der Waals surface area contributed by atoms with Crippen LogP contribution in [0.5, 0.6) is 0 Å². The number of hydrogen-bond acceptors (Lipinski definition) is 8. The molecule has 32 heavy (non-hydrogen) atoms. The topological polar surface area (TPSA) is 115 Å². The Labute approximate surface area is 191 Å². The van der Waals surface area contributed by atoms with E-state index >= 15 is 0 Å². The molecule has 1 heterocycles. The molecule has 1 rings (SSSR count). The fourth-order valence-corrected chi connectivity index (χ4v) is 3.05. The molecule has 0 spiro atoms. The highest BCUT2D eigenvalue weighted by molar-refractivity contribution is 5.79. The number of carbonyl (C=O) groups is 3. The first-order chi connectivity index (χ1) is 15.6. The molecule has 0 aliphatic carbocycles. The smallest absolute Gasteiger partial charge is 0.334 e. The predicted molar refractivity (Wildman–Crippen MR) is 119 cm³/mol. The number of nitrogens with one attached hydrogen (secondary N) is 2. The lowest BCUT2D eigenvalue weighted by molar-refractivity contribution is -0.193. The third kappa shape index (κ3) is 16.0. The van der Waals surface area contributed by atoms with E-state index in [0.717, 1.165) is 30.9 Å². The van der Waals surface area contributed by atoms with Crippen molar-refractivity contribution >= 4 is 17.8 Å². The number of nitrogens with zero attached hydrogens (tertiary/aromatic N) is 1. The highest BCUT2D eigenvalue weighted by atomic mass is 16.7. The summed E-state index contributed by atoms with van der Waals surface area (Å²) >= 11 is 0. The zero-order valence-electron chi connectivity index (χ0n) is 19.5. The van der Waals surface area contributed by atoms with Gasteiger partial charge in [-0.25, -0.2) is 4.79 Å². The van der Waals surface area contributed by atoms with Crippen LogP contribution in [0.3, 0.4) is 0 Å². The second kappa shape index (κ2) is 19.9. The van der Waals surface area contributed by atoms with Crippen molar-refractivity contribution in [1.82, 2.24) is 15.7 Å². The van der Waals surface area contributed by atoms with Crippen molar-refractivity contribution in [3.05, 3.63) is 0 Å². The van der Waals surface area contributed by atoms with Crippen molar-refractivity contribution < 1.29 is 33.4 Å². The van der Waals surface area contributed by atoms with Gasteiger partial charge in [0.1, 0.15) is 0 Å². The van der Waals surface area contributed by atoms with Crippen LogP contribution < -0.4 is 10.6 Å². The van der Waals surface area contributed by atoms with Gasteiger partial charge in [-0.2, -0.15) is 5.06 Å². The molecule has 1 fully saturated rings. The number of carbonyl (C=O) groups excluding carboxylic acids is 3. The van der Waals surface area contributed by atoms with E-state index in [4.69, 9.17) is 19.0 Å². The molecule has 2 N–H and O–H groups in total. The molecule has 0 bridgehead atoms. The summed E-state index contributed by atoms with van der Waals surface area (Å²) in [4.78, 5) is 39.6. The normalized spacial score (nSPS) is 13.5. The van der Waals surface area contributed by atoms with Crippen LogP contribution in [0.2, 0.25) is 0 Å². The second-order valence-corrected chi connectivity index (χ2v) is 7.62. The Kier molecular flexibility index (Phi) is 17.6. The van der Waals surface area contributed by atoms with Gasteiger partial charge in [-0.1, -0.05) is 19.3 Å². The minimum atomic E-state index is -0.471. The maximum atomic E-state index is 11.7. The maximum absolute atomic E-state index is 11.7.